The number of pyridine rings is 1. The van der Waals surface area contributed by atoms with Crippen molar-refractivity contribution in [2.45, 2.75) is 20.0 Å². The molecule has 0 fully saturated rings. The first-order chi connectivity index (χ1) is 14.6. The van der Waals surface area contributed by atoms with Crippen LogP contribution < -0.4 is 20.1 Å². The quantitative estimate of drug-likeness (QED) is 0.258. The lowest BCUT2D eigenvalue weighted by atomic mass is 10.1. The SMILES string of the molecule is CN=C(NCc1ccc(C)cc1OC)NCc1cccnc1Oc1cccc(F)c1.I. The molecule has 1 aromatic heterocycles. The number of ether oxygens (including phenoxy) is 2. The zero-order valence-electron chi connectivity index (χ0n) is 17.7. The number of hydrogen-bond donors (Lipinski definition) is 2. The van der Waals surface area contributed by atoms with Gasteiger partial charge in [-0.1, -0.05) is 24.3 Å². The van der Waals surface area contributed by atoms with E-state index in [0.29, 0.717) is 30.7 Å². The van der Waals surface area contributed by atoms with Crippen molar-refractivity contribution in [1.29, 1.82) is 0 Å². The molecule has 0 radical (unpaired) electrons. The van der Waals surface area contributed by atoms with Crippen LogP contribution >= 0.6 is 24.0 Å². The Morgan fingerprint density at radius 1 is 1.03 bits per heavy atom. The fraction of sp³-hybridized carbons (Fsp3) is 0.217. The number of guanidine groups is 1. The molecule has 0 unspecified atom stereocenters. The summed E-state index contributed by atoms with van der Waals surface area (Å²) in [4.78, 5) is 8.53. The van der Waals surface area contributed by atoms with E-state index >= 15 is 0 Å². The second kappa shape index (κ2) is 12.1. The fourth-order valence-electron chi connectivity index (χ4n) is 2.87. The number of aromatic nitrogens is 1. The van der Waals surface area contributed by atoms with Gasteiger partial charge in [-0.25, -0.2) is 9.37 Å². The first-order valence-corrected chi connectivity index (χ1v) is 9.54. The Balaban J connectivity index is 0.00000341. The number of benzene rings is 2. The molecule has 1 heterocycles. The summed E-state index contributed by atoms with van der Waals surface area (Å²) in [5.74, 6) is 1.89. The third kappa shape index (κ3) is 7.09. The lowest BCUT2D eigenvalue weighted by molar-refractivity contribution is 0.408. The Morgan fingerprint density at radius 2 is 1.81 bits per heavy atom. The first-order valence-electron chi connectivity index (χ1n) is 9.54. The molecule has 0 aliphatic heterocycles. The average molecular weight is 536 g/mol. The zero-order chi connectivity index (χ0) is 21.3. The van der Waals surface area contributed by atoms with Gasteiger partial charge in [-0.2, -0.15) is 0 Å². The van der Waals surface area contributed by atoms with Crippen LogP contribution in [0.15, 0.2) is 65.8 Å². The molecular formula is C23H26FIN4O2. The summed E-state index contributed by atoms with van der Waals surface area (Å²) in [5.41, 5.74) is 2.99. The normalized spacial score (nSPS) is 10.8. The van der Waals surface area contributed by atoms with Gasteiger partial charge in [0.1, 0.15) is 17.3 Å². The van der Waals surface area contributed by atoms with Gasteiger partial charge >= 0.3 is 0 Å². The Hall–Kier alpha value is -2.88. The number of nitrogens with zero attached hydrogens (tertiary/aromatic N) is 2. The standard InChI is InChI=1S/C23H25FN4O2.HI/c1-16-9-10-17(21(12-16)29-3)14-27-23(25-2)28-15-18-6-5-11-26-22(18)30-20-8-4-7-19(24)13-20;/h4-13H,14-15H2,1-3H3,(H2,25,27,28);1H. The van der Waals surface area contributed by atoms with Gasteiger partial charge in [0, 0.05) is 43.5 Å². The molecule has 3 aromatic rings. The second-order valence-corrected chi connectivity index (χ2v) is 6.62. The van der Waals surface area contributed by atoms with E-state index in [-0.39, 0.29) is 29.8 Å². The summed E-state index contributed by atoms with van der Waals surface area (Å²) in [6.45, 7) is 3.02. The highest BCUT2D eigenvalue weighted by atomic mass is 127. The van der Waals surface area contributed by atoms with Crippen molar-refractivity contribution in [3.63, 3.8) is 0 Å². The van der Waals surface area contributed by atoms with E-state index in [9.17, 15) is 4.39 Å². The molecule has 2 N–H and O–H groups in total. The highest BCUT2D eigenvalue weighted by Crippen LogP contribution is 2.23. The first kappa shape index (κ1) is 24.4. The lowest BCUT2D eigenvalue weighted by Gasteiger charge is -2.15. The van der Waals surface area contributed by atoms with Gasteiger partial charge in [0.15, 0.2) is 5.96 Å². The number of aryl methyl sites for hydroxylation is 1. The van der Waals surface area contributed by atoms with Crippen LogP contribution in [0.1, 0.15) is 16.7 Å². The zero-order valence-corrected chi connectivity index (χ0v) is 20.0. The topological polar surface area (TPSA) is 67.8 Å². The van der Waals surface area contributed by atoms with Gasteiger partial charge in [0.05, 0.1) is 7.11 Å². The smallest absolute Gasteiger partial charge is 0.224 e. The van der Waals surface area contributed by atoms with Crippen LogP contribution in [0.4, 0.5) is 4.39 Å². The molecule has 3 rings (SSSR count). The van der Waals surface area contributed by atoms with Crippen molar-refractivity contribution in [2.24, 2.45) is 4.99 Å². The molecule has 0 spiro atoms. The highest BCUT2D eigenvalue weighted by Gasteiger charge is 2.09. The summed E-state index contributed by atoms with van der Waals surface area (Å²) in [7, 11) is 3.36. The lowest BCUT2D eigenvalue weighted by Crippen LogP contribution is -2.36. The largest absolute Gasteiger partial charge is 0.496 e. The minimum atomic E-state index is -0.362. The van der Waals surface area contributed by atoms with Crippen LogP contribution in [0.3, 0.4) is 0 Å². The van der Waals surface area contributed by atoms with Gasteiger partial charge in [-0.3, -0.25) is 4.99 Å². The number of rotatable bonds is 7. The molecule has 0 atom stereocenters. The molecule has 0 amide bonds. The van der Waals surface area contributed by atoms with E-state index in [0.717, 1.165) is 22.4 Å². The van der Waals surface area contributed by atoms with Crippen molar-refractivity contribution >= 4 is 29.9 Å². The van der Waals surface area contributed by atoms with E-state index in [1.165, 1.54) is 12.1 Å². The van der Waals surface area contributed by atoms with E-state index in [1.54, 1.807) is 32.5 Å². The average Bonchev–Trinajstić information content (AvgIpc) is 2.75. The molecule has 0 aliphatic carbocycles. The van der Waals surface area contributed by atoms with E-state index < -0.39 is 0 Å². The van der Waals surface area contributed by atoms with Crippen molar-refractivity contribution in [2.75, 3.05) is 14.2 Å². The molecular weight excluding hydrogens is 510 g/mol. The monoisotopic (exact) mass is 536 g/mol. The van der Waals surface area contributed by atoms with Crippen LogP contribution in [-0.4, -0.2) is 25.1 Å². The number of aliphatic imine (C=N–C) groups is 1. The van der Waals surface area contributed by atoms with Crippen LogP contribution in [0, 0.1) is 12.7 Å². The number of hydrogen-bond acceptors (Lipinski definition) is 4. The van der Waals surface area contributed by atoms with Crippen LogP contribution in [0.5, 0.6) is 17.4 Å². The van der Waals surface area contributed by atoms with Crippen LogP contribution in [0.25, 0.3) is 0 Å². The number of nitrogens with one attached hydrogen (secondary N) is 2. The minimum absolute atomic E-state index is 0. The summed E-state index contributed by atoms with van der Waals surface area (Å²) in [6.07, 6.45) is 1.63. The Labute approximate surface area is 198 Å². The fourth-order valence-corrected chi connectivity index (χ4v) is 2.87. The minimum Gasteiger partial charge on any atom is -0.496 e. The van der Waals surface area contributed by atoms with E-state index in [2.05, 4.69) is 20.6 Å². The molecule has 164 valence electrons. The highest BCUT2D eigenvalue weighted by molar-refractivity contribution is 14.0. The van der Waals surface area contributed by atoms with Gasteiger partial charge in [0.25, 0.3) is 0 Å². The number of halogens is 2. The third-order valence-corrected chi connectivity index (χ3v) is 4.42. The van der Waals surface area contributed by atoms with Crippen molar-refractivity contribution in [3.05, 3.63) is 83.3 Å². The molecule has 0 bridgehead atoms. The van der Waals surface area contributed by atoms with E-state index in [4.69, 9.17) is 9.47 Å². The number of methoxy groups -OCH3 is 1. The Bertz CT molecular complexity index is 1030. The van der Waals surface area contributed by atoms with Gasteiger partial charge in [-0.05, 0) is 36.8 Å². The molecule has 6 nitrogen and oxygen atoms in total. The molecule has 2 aromatic carbocycles. The molecule has 31 heavy (non-hydrogen) atoms. The molecule has 0 saturated heterocycles. The van der Waals surface area contributed by atoms with Gasteiger partial charge in [0.2, 0.25) is 5.88 Å². The predicted molar refractivity (Wildman–Crippen MR) is 131 cm³/mol. The Morgan fingerprint density at radius 3 is 2.52 bits per heavy atom. The maximum absolute atomic E-state index is 13.4. The summed E-state index contributed by atoms with van der Waals surface area (Å²) in [6, 6.07) is 15.8. The van der Waals surface area contributed by atoms with Crippen molar-refractivity contribution in [1.82, 2.24) is 15.6 Å². The summed E-state index contributed by atoms with van der Waals surface area (Å²) < 4.78 is 24.6. The second-order valence-electron chi connectivity index (χ2n) is 6.62. The molecule has 0 saturated carbocycles. The molecule has 0 aliphatic rings. The molecule has 8 heteroatoms. The van der Waals surface area contributed by atoms with Crippen molar-refractivity contribution < 1.29 is 13.9 Å². The van der Waals surface area contributed by atoms with E-state index in [1.807, 2.05) is 37.3 Å². The third-order valence-electron chi connectivity index (χ3n) is 4.42. The van der Waals surface area contributed by atoms with Gasteiger partial charge < -0.3 is 20.1 Å². The maximum atomic E-state index is 13.4. The van der Waals surface area contributed by atoms with Crippen LogP contribution in [-0.2, 0) is 13.1 Å². The van der Waals surface area contributed by atoms with Crippen molar-refractivity contribution in [3.8, 4) is 17.4 Å². The van der Waals surface area contributed by atoms with Crippen LogP contribution in [0.2, 0.25) is 0 Å². The Kier molecular flexibility index (Phi) is 9.51. The summed E-state index contributed by atoms with van der Waals surface area (Å²) in [5, 5.41) is 6.52. The predicted octanol–water partition coefficient (Wildman–Crippen LogP) is 4.81. The summed E-state index contributed by atoms with van der Waals surface area (Å²) >= 11 is 0. The maximum Gasteiger partial charge on any atom is 0.224 e. The van der Waals surface area contributed by atoms with Gasteiger partial charge in [-0.15, -0.1) is 24.0 Å².